The van der Waals surface area contributed by atoms with Gasteiger partial charge in [0.15, 0.2) is 0 Å². The molecule has 0 fully saturated rings. The van der Waals surface area contributed by atoms with E-state index in [4.69, 9.17) is 34.8 Å². The van der Waals surface area contributed by atoms with Crippen LogP contribution in [0.25, 0.3) is 0 Å². The van der Waals surface area contributed by atoms with Gasteiger partial charge in [0, 0.05) is 13.1 Å². The van der Waals surface area contributed by atoms with E-state index in [1.807, 2.05) is 6.92 Å². The Balaban J connectivity index is 2.15. The Bertz CT molecular complexity index is 1600. The summed E-state index contributed by atoms with van der Waals surface area (Å²) in [6.07, 6.45) is -4.11. The van der Waals surface area contributed by atoms with Crippen molar-refractivity contribution >= 4 is 62.3 Å². The molecule has 0 unspecified atom stereocenters. The highest BCUT2D eigenvalue weighted by atomic mass is 35.5. The fourth-order valence-corrected chi connectivity index (χ4v) is 6.32. The number of alkyl halides is 3. The molecule has 0 saturated heterocycles. The first-order chi connectivity index (χ1) is 20.6. The van der Waals surface area contributed by atoms with Gasteiger partial charge in [0.2, 0.25) is 11.8 Å². The highest BCUT2D eigenvalue weighted by Crippen LogP contribution is 2.38. The predicted octanol–water partition coefficient (Wildman–Crippen LogP) is 7.50. The number of benzene rings is 3. The second-order valence-electron chi connectivity index (χ2n) is 9.97. The Morgan fingerprint density at radius 2 is 1.55 bits per heavy atom. The van der Waals surface area contributed by atoms with E-state index in [-0.39, 0.29) is 27.9 Å². The lowest BCUT2D eigenvalue weighted by Crippen LogP contribution is -2.52. The molecule has 3 aromatic carbocycles. The Morgan fingerprint density at radius 3 is 2.11 bits per heavy atom. The molecule has 0 radical (unpaired) electrons. The quantitative estimate of drug-likeness (QED) is 0.213. The van der Waals surface area contributed by atoms with E-state index in [0.717, 1.165) is 17.7 Å². The van der Waals surface area contributed by atoms with Crippen LogP contribution in [-0.2, 0) is 32.3 Å². The summed E-state index contributed by atoms with van der Waals surface area (Å²) in [5, 5.41) is 2.57. The third-order valence-corrected chi connectivity index (χ3v) is 9.56. The fraction of sp³-hybridized carbons (Fsp3) is 0.333. The number of nitrogens with one attached hydrogen (secondary N) is 1. The Kier molecular flexibility index (Phi) is 12.0. The van der Waals surface area contributed by atoms with Crippen molar-refractivity contribution in [2.45, 2.75) is 57.3 Å². The first-order valence-corrected chi connectivity index (χ1v) is 16.1. The van der Waals surface area contributed by atoms with Crippen LogP contribution in [0.4, 0.5) is 18.9 Å². The van der Waals surface area contributed by atoms with Crippen molar-refractivity contribution in [1.82, 2.24) is 10.2 Å². The zero-order valence-electron chi connectivity index (χ0n) is 24.1. The van der Waals surface area contributed by atoms with Crippen molar-refractivity contribution < 1.29 is 31.2 Å². The fourth-order valence-electron chi connectivity index (χ4n) is 4.37. The van der Waals surface area contributed by atoms with Crippen LogP contribution in [0.1, 0.15) is 43.4 Å². The van der Waals surface area contributed by atoms with Crippen molar-refractivity contribution in [3.8, 4) is 0 Å². The first-order valence-electron chi connectivity index (χ1n) is 13.6. The summed E-state index contributed by atoms with van der Waals surface area (Å²) in [5.74, 6) is -1.31. The summed E-state index contributed by atoms with van der Waals surface area (Å²) in [6, 6.07) is 11.8. The monoisotopic (exact) mass is 691 g/mol. The van der Waals surface area contributed by atoms with Gasteiger partial charge in [0.05, 0.1) is 31.2 Å². The maximum atomic E-state index is 14.1. The lowest BCUT2D eigenvalue weighted by Gasteiger charge is -2.33. The average molecular weight is 693 g/mol. The topological polar surface area (TPSA) is 86.8 Å². The van der Waals surface area contributed by atoms with Gasteiger partial charge in [-0.25, -0.2) is 8.42 Å². The molecule has 7 nitrogen and oxygen atoms in total. The van der Waals surface area contributed by atoms with Crippen LogP contribution in [0.3, 0.4) is 0 Å². The van der Waals surface area contributed by atoms with E-state index in [9.17, 15) is 31.2 Å². The molecule has 0 aliphatic rings. The Labute approximate surface area is 269 Å². The van der Waals surface area contributed by atoms with Gasteiger partial charge in [0.25, 0.3) is 10.0 Å². The minimum atomic E-state index is -4.90. The van der Waals surface area contributed by atoms with Gasteiger partial charge in [-0.05, 0) is 67.8 Å². The summed E-state index contributed by atoms with van der Waals surface area (Å²) in [4.78, 5) is 28.2. The number of sulfonamides is 1. The highest BCUT2D eigenvalue weighted by Gasteiger charge is 2.37. The van der Waals surface area contributed by atoms with E-state index in [2.05, 4.69) is 5.32 Å². The number of aryl methyl sites for hydroxylation is 1. The van der Waals surface area contributed by atoms with E-state index in [1.165, 1.54) is 41.3 Å². The van der Waals surface area contributed by atoms with Crippen molar-refractivity contribution in [1.29, 1.82) is 0 Å². The van der Waals surface area contributed by atoms with Gasteiger partial charge in [-0.2, -0.15) is 13.2 Å². The number of rotatable bonds is 12. The number of hydrogen-bond donors (Lipinski definition) is 1. The van der Waals surface area contributed by atoms with Gasteiger partial charge in [-0.3, -0.25) is 13.9 Å². The molecular weight excluding hydrogens is 662 g/mol. The molecular formula is C30H31Cl3F3N3O4S. The van der Waals surface area contributed by atoms with Crippen LogP contribution < -0.4 is 9.62 Å². The number of anilines is 1. The van der Waals surface area contributed by atoms with Crippen molar-refractivity contribution in [3.63, 3.8) is 0 Å². The van der Waals surface area contributed by atoms with E-state index in [1.54, 1.807) is 19.9 Å². The second-order valence-corrected chi connectivity index (χ2v) is 13.1. The SMILES string of the molecule is CCCNC(=O)[C@@H](CC)N(Cc1ccc(Cl)c(Cl)c1)C(=O)CN(c1ccc(Cl)c(C(F)(F)F)c1)S(=O)(=O)c1ccc(C)cc1. The number of carbonyl (C=O) groups is 2. The predicted molar refractivity (Wildman–Crippen MR) is 167 cm³/mol. The van der Waals surface area contributed by atoms with E-state index in [0.29, 0.717) is 28.9 Å². The summed E-state index contributed by atoms with van der Waals surface area (Å²) < 4.78 is 69.9. The number of carbonyl (C=O) groups excluding carboxylic acids is 2. The molecule has 1 N–H and O–H groups in total. The third kappa shape index (κ3) is 8.59. The molecule has 1 atom stereocenters. The highest BCUT2D eigenvalue weighted by molar-refractivity contribution is 7.92. The second kappa shape index (κ2) is 14.9. The van der Waals surface area contributed by atoms with Crippen molar-refractivity contribution in [3.05, 3.63) is 92.4 Å². The number of amides is 2. The summed E-state index contributed by atoms with van der Waals surface area (Å²) in [6.45, 7) is 4.52. The van der Waals surface area contributed by atoms with Crippen LogP contribution in [0, 0.1) is 6.92 Å². The minimum absolute atomic E-state index is 0.159. The average Bonchev–Trinajstić information content (AvgIpc) is 2.96. The standard InChI is InChI=1S/C30H31Cl3F3N3O4S/c1-4-14-37-29(41)27(5-2)38(17-20-8-12-25(32)26(33)15-20)28(40)18-39(44(42,43)22-10-6-19(3)7-11-22)21-9-13-24(31)23(16-21)30(34,35)36/h6-13,15-16,27H,4-5,14,17-18H2,1-3H3,(H,37,41)/t27-/m1/s1. The summed E-state index contributed by atoms with van der Waals surface area (Å²) in [7, 11) is -4.59. The summed E-state index contributed by atoms with van der Waals surface area (Å²) in [5.41, 5.74) is -0.470. The number of halogens is 6. The molecule has 0 aliphatic carbocycles. The van der Waals surface area contributed by atoms with Crippen LogP contribution in [0.15, 0.2) is 65.6 Å². The molecule has 0 heterocycles. The van der Waals surface area contributed by atoms with Crippen molar-refractivity contribution in [2.75, 3.05) is 17.4 Å². The Hall–Kier alpha value is -2.99. The van der Waals surface area contributed by atoms with Crippen LogP contribution in [0.5, 0.6) is 0 Å². The van der Waals surface area contributed by atoms with E-state index >= 15 is 0 Å². The smallest absolute Gasteiger partial charge is 0.354 e. The molecule has 14 heteroatoms. The lowest BCUT2D eigenvalue weighted by molar-refractivity contribution is -0.140. The maximum Gasteiger partial charge on any atom is 0.417 e. The summed E-state index contributed by atoms with van der Waals surface area (Å²) >= 11 is 18.0. The van der Waals surface area contributed by atoms with Gasteiger partial charge < -0.3 is 10.2 Å². The molecule has 0 aromatic heterocycles. The molecule has 0 bridgehead atoms. The van der Waals surface area contributed by atoms with Gasteiger partial charge >= 0.3 is 6.18 Å². The van der Waals surface area contributed by atoms with Crippen LogP contribution in [-0.4, -0.2) is 44.3 Å². The number of hydrogen-bond acceptors (Lipinski definition) is 4. The van der Waals surface area contributed by atoms with Gasteiger partial charge in [-0.1, -0.05) is 72.4 Å². The molecule has 0 saturated carbocycles. The molecule has 0 spiro atoms. The first kappa shape index (κ1) is 35.5. The zero-order chi connectivity index (χ0) is 32.8. The lowest BCUT2D eigenvalue weighted by atomic mass is 10.1. The van der Waals surface area contributed by atoms with Gasteiger partial charge in [-0.15, -0.1) is 0 Å². The molecule has 44 heavy (non-hydrogen) atoms. The van der Waals surface area contributed by atoms with Crippen molar-refractivity contribution in [2.24, 2.45) is 0 Å². The van der Waals surface area contributed by atoms with Crippen LogP contribution >= 0.6 is 34.8 Å². The molecule has 0 aliphatic heterocycles. The van der Waals surface area contributed by atoms with Crippen LogP contribution in [0.2, 0.25) is 15.1 Å². The third-order valence-electron chi connectivity index (χ3n) is 6.70. The maximum absolute atomic E-state index is 14.1. The molecule has 3 rings (SSSR count). The minimum Gasteiger partial charge on any atom is -0.354 e. The normalized spacial score (nSPS) is 12.5. The molecule has 238 valence electrons. The molecule has 2 amide bonds. The molecule has 3 aromatic rings. The van der Waals surface area contributed by atoms with E-state index < -0.39 is 56.9 Å². The number of nitrogens with zero attached hydrogens (tertiary/aromatic N) is 2. The van der Waals surface area contributed by atoms with Gasteiger partial charge in [0.1, 0.15) is 12.6 Å². The Morgan fingerprint density at radius 1 is 0.909 bits per heavy atom. The largest absolute Gasteiger partial charge is 0.417 e. The zero-order valence-corrected chi connectivity index (χ0v) is 27.2.